The van der Waals surface area contributed by atoms with E-state index in [1.54, 1.807) is 0 Å². The van der Waals surface area contributed by atoms with Crippen LogP contribution < -0.4 is 0 Å². The lowest BCUT2D eigenvalue weighted by Gasteiger charge is -2.60. The molecule has 0 unspecified atom stereocenters. The molecule has 3 aliphatic carbocycles. The van der Waals surface area contributed by atoms with E-state index in [0.29, 0.717) is 6.42 Å². The number of aliphatic hydroxyl groups excluding tert-OH is 2. The van der Waals surface area contributed by atoms with E-state index in [1.165, 1.54) is 6.92 Å². The molecule has 0 spiro atoms. The molecule has 3 aliphatic rings. The summed E-state index contributed by atoms with van der Waals surface area (Å²) < 4.78 is 5.47. The van der Waals surface area contributed by atoms with Crippen LogP contribution in [0.5, 0.6) is 0 Å². The zero-order chi connectivity index (χ0) is 16.4. The number of ether oxygens (including phenoxy) is 1. The molecule has 0 radical (unpaired) electrons. The maximum atomic E-state index is 13.1. The highest BCUT2D eigenvalue weighted by Gasteiger charge is 2.77. The third-order valence-electron chi connectivity index (χ3n) is 7.07. The van der Waals surface area contributed by atoms with Crippen molar-refractivity contribution < 1.29 is 24.5 Å². The molecule has 3 rings (SSSR count). The zero-order valence-corrected chi connectivity index (χ0v) is 13.7. The van der Waals surface area contributed by atoms with Crippen molar-refractivity contribution in [2.24, 2.45) is 28.6 Å². The highest BCUT2D eigenvalue weighted by atomic mass is 16.5. The van der Waals surface area contributed by atoms with Gasteiger partial charge in [0.15, 0.2) is 0 Å². The van der Waals surface area contributed by atoms with Gasteiger partial charge in [0.05, 0.1) is 17.6 Å². The lowest BCUT2D eigenvalue weighted by Crippen LogP contribution is -2.67. The summed E-state index contributed by atoms with van der Waals surface area (Å²) in [6, 6.07) is 0. The van der Waals surface area contributed by atoms with Crippen molar-refractivity contribution in [2.75, 3.05) is 0 Å². The van der Waals surface area contributed by atoms with Crippen LogP contribution in [0.1, 0.15) is 47.0 Å². The Bertz CT molecular complexity index is 517. The number of hydrogen-bond acceptors (Lipinski definition) is 5. The Labute approximate surface area is 131 Å². The fourth-order valence-electron chi connectivity index (χ4n) is 6.14. The first kappa shape index (κ1) is 15.9. The minimum Gasteiger partial charge on any atom is -0.462 e. The summed E-state index contributed by atoms with van der Waals surface area (Å²) in [5.41, 5.74) is -1.65. The summed E-state index contributed by atoms with van der Waals surface area (Å²) in [7, 11) is 0. The van der Waals surface area contributed by atoms with Gasteiger partial charge in [0.1, 0.15) is 11.9 Å². The van der Waals surface area contributed by atoms with Gasteiger partial charge in [-0.15, -0.1) is 0 Å². The molecule has 3 fully saturated rings. The third kappa shape index (κ3) is 1.56. The Morgan fingerprint density at radius 2 is 1.86 bits per heavy atom. The van der Waals surface area contributed by atoms with E-state index < -0.39 is 29.1 Å². The molecule has 0 heterocycles. The number of ketones is 1. The quantitative estimate of drug-likeness (QED) is 0.713. The van der Waals surface area contributed by atoms with Gasteiger partial charge in [0.25, 0.3) is 0 Å². The van der Waals surface area contributed by atoms with Crippen LogP contribution in [-0.4, -0.2) is 40.3 Å². The van der Waals surface area contributed by atoms with Crippen molar-refractivity contribution in [3.63, 3.8) is 0 Å². The number of carbonyl (C=O) groups is 2. The number of aliphatic hydroxyl groups is 2. The highest BCUT2D eigenvalue weighted by molar-refractivity contribution is 5.93. The third-order valence-corrected chi connectivity index (χ3v) is 7.07. The molecule has 124 valence electrons. The second-order valence-corrected chi connectivity index (χ2v) is 7.72. The second kappa shape index (κ2) is 4.78. The average Bonchev–Trinajstić information content (AvgIpc) is 2.55. The molecule has 0 amide bonds. The van der Waals surface area contributed by atoms with Crippen LogP contribution >= 0.6 is 0 Å². The maximum absolute atomic E-state index is 13.1. The minimum absolute atomic E-state index is 0.0544. The topological polar surface area (TPSA) is 83.8 Å². The van der Waals surface area contributed by atoms with Crippen molar-refractivity contribution >= 4 is 11.8 Å². The maximum Gasteiger partial charge on any atom is 0.302 e. The fourth-order valence-corrected chi connectivity index (χ4v) is 6.14. The van der Waals surface area contributed by atoms with Gasteiger partial charge in [0.2, 0.25) is 0 Å². The van der Waals surface area contributed by atoms with E-state index >= 15 is 0 Å². The summed E-state index contributed by atoms with van der Waals surface area (Å²) in [5.74, 6) is -0.716. The van der Waals surface area contributed by atoms with Crippen LogP contribution in [0.25, 0.3) is 0 Å². The van der Waals surface area contributed by atoms with Crippen LogP contribution in [0.2, 0.25) is 0 Å². The van der Waals surface area contributed by atoms with Crippen LogP contribution in [0.15, 0.2) is 0 Å². The SMILES string of the molecule is CC(=O)O[C@@H]1C[C@@H](O)[C@]23C(=O)[C@H](C)[C@H]1[C@@]2(C)[C@H](C)CC[C@H]3O. The van der Waals surface area contributed by atoms with E-state index in [2.05, 4.69) is 6.92 Å². The molecular weight excluding hydrogens is 284 g/mol. The van der Waals surface area contributed by atoms with Crippen molar-refractivity contribution in [3.05, 3.63) is 0 Å². The van der Waals surface area contributed by atoms with Gasteiger partial charge in [-0.3, -0.25) is 9.59 Å². The van der Waals surface area contributed by atoms with Gasteiger partial charge < -0.3 is 14.9 Å². The summed E-state index contributed by atoms with van der Waals surface area (Å²) >= 11 is 0. The largest absolute Gasteiger partial charge is 0.462 e. The standard InChI is InChI=1S/C17H26O5/c1-8-5-6-12(19)17-13(20)7-11(22-10(3)18)14(16(8,17)4)9(2)15(17)21/h8-9,11-14,19-20H,5-7H2,1-4H3/t8-,9-,11-,12-,13-,14-,16-,17-/m1/s1. The first-order valence-corrected chi connectivity index (χ1v) is 8.26. The normalized spacial score (nSPS) is 54.0. The average molecular weight is 310 g/mol. The van der Waals surface area contributed by atoms with Gasteiger partial charge in [-0.25, -0.2) is 0 Å². The number of carbonyl (C=O) groups excluding carboxylic acids is 2. The van der Waals surface area contributed by atoms with Crippen LogP contribution in [0.3, 0.4) is 0 Å². The number of esters is 1. The lowest BCUT2D eigenvalue weighted by molar-refractivity contribution is -0.228. The molecule has 0 aromatic carbocycles. The Hall–Kier alpha value is -0.940. The molecule has 0 aromatic rings. The van der Waals surface area contributed by atoms with Crippen molar-refractivity contribution in [1.82, 2.24) is 0 Å². The molecule has 2 N–H and O–H groups in total. The molecule has 0 saturated heterocycles. The number of Topliss-reactive ketones (excluding diaryl/α,β-unsaturated/α-hetero) is 1. The molecule has 22 heavy (non-hydrogen) atoms. The molecular formula is C17H26O5. The zero-order valence-electron chi connectivity index (χ0n) is 13.7. The molecule has 3 saturated carbocycles. The van der Waals surface area contributed by atoms with Crippen molar-refractivity contribution in [2.45, 2.75) is 65.3 Å². The monoisotopic (exact) mass is 310 g/mol. The molecule has 0 aromatic heterocycles. The Morgan fingerprint density at radius 3 is 2.45 bits per heavy atom. The predicted molar refractivity (Wildman–Crippen MR) is 78.8 cm³/mol. The summed E-state index contributed by atoms with van der Waals surface area (Å²) in [4.78, 5) is 24.5. The van der Waals surface area contributed by atoms with Gasteiger partial charge in [-0.2, -0.15) is 0 Å². The first-order chi connectivity index (χ1) is 10.2. The number of hydrogen-bond donors (Lipinski definition) is 2. The second-order valence-electron chi connectivity index (χ2n) is 7.72. The number of rotatable bonds is 1. The van der Waals surface area contributed by atoms with Crippen molar-refractivity contribution in [1.29, 1.82) is 0 Å². The van der Waals surface area contributed by atoms with Gasteiger partial charge in [-0.1, -0.05) is 20.8 Å². The fraction of sp³-hybridized carbons (Fsp3) is 0.882. The van der Waals surface area contributed by atoms with E-state index in [4.69, 9.17) is 4.74 Å². The predicted octanol–water partition coefficient (Wildman–Crippen LogP) is 1.30. The Balaban J connectivity index is 2.17. The van der Waals surface area contributed by atoms with Gasteiger partial charge >= 0.3 is 5.97 Å². The van der Waals surface area contributed by atoms with Gasteiger partial charge in [-0.05, 0) is 24.2 Å². The summed E-state index contributed by atoms with van der Waals surface area (Å²) in [5, 5.41) is 21.5. The van der Waals surface area contributed by atoms with E-state index in [1.807, 2.05) is 13.8 Å². The molecule has 5 nitrogen and oxygen atoms in total. The summed E-state index contributed by atoms with van der Waals surface area (Å²) in [6.07, 6.45) is -0.651. The molecule has 2 bridgehead atoms. The van der Waals surface area contributed by atoms with Gasteiger partial charge in [0, 0.05) is 25.2 Å². The molecule has 8 atom stereocenters. The van der Waals surface area contributed by atoms with Crippen molar-refractivity contribution in [3.8, 4) is 0 Å². The van der Waals surface area contributed by atoms with Crippen LogP contribution in [-0.2, 0) is 14.3 Å². The Kier molecular flexibility index (Phi) is 3.46. The smallest absolute Gasteiger partial charge is 0.302 e. The first-order valence-electron chi connectivity index (χ1n) is 8.26. The minimum atomic E-state index is -1.11. The highest BCUT2D eigenvalue weighted by Crippen LogP contribution is 2.70. The Morgan fingerprint density at radius 1 is 1.23 bits per heavy atom. The van der Waals surface area contributed by atoms with E-state index in [-0.39, 0.29) is 35.9 Å². The van der Waals surface area contributed by atoms with Crippen LogP contribution in [0.4, 0.5) is 0 Å². The molecule has 0 aliphatic heterocycles. The lowest BCUT2D eigenvalue weighted by atomic mass is 9.45. The molecule has 5 heteroatoms. The van der Waals surface area contributed by atoms with E-state index in [9.17, 15) is 19.8 Å². The van der Waals surface area contributed by atoms with Crippen LogP contribution in [0, 0.1) is 28.6 Å². The van der Waals surface area contributed by atoms with E-state index in [0.717, 1.165) is 6.42 Å². The summed E-state index contributed by atoms with van der Waals surface area (Å²) in [6.45, 7) is 7.30.